The standard InChI is InChI=1S/C19H21NO8S2/c1-19(2,3)20-12-15-10-16(27-29(21,22)23)8-6-13(15)4-5-14-7-9-17(11-18(14)20)28-30(24,25)26/h4-11H,12H2,1-3H3,(H,21,22,23)(H,24,25,26)/p-2/b5-4-. The van der Waals surface area contributed by atoms with Gasteiger partial charge in [-0.3, -0.25) is 0 Å². The van der Waals surface area contributed by atoms with E-state index in [1.54, 1.807) is 24.3 Å². The molecule has 11 heteroatoms. The number of rotatable bonds is 4. The van der Waals surface area contributed by atoms with Crippen LogP contribution in [-0.2, 0) is 27.3 Å². The fraction of sp³-hybridized carbons (Fsp3) is 0.263. The average Bonchev–Trinajstić information content (AvgIpc) is 2.54. The molecule has 1 heterocycles. The summed E-state index contributed by atoms with van der Waals surface area (Å²) < 4.78 is 74.7. The third kappa shape index (κ3) is 5.51. The first-order valence-corrected chi connectivity index (χ1v) is 11.4. The van der Waals surface area contributed by atoms with E-state index < -0.39 is 26.3 Å². The van der Waals surface area contributed by atoms with E-state index in [1.165, 1.54) is 24.3 Å². The normalized spacial score (nSPS) is 15.4. The molecular formula is C19H19NO8S2-2. The summed E-state index contributed by atoms with van der Waals surface area (Å²) in [5, 5.41) is 0. The third-order valence-corrected chi connectivity index (χ3v) is 5.18. The van der Waals surface area contributed by atoms with Crippen molar-refractivity contribution in [3.8, 4) is 11.5 Å². The molecule has 0 spiro atoms. The van der Waals surface area contributed by atoms with E-state index in [9.17, 15) is 25.9 Å². The van der Waals surface area contributed by atoms with Gasteiger partial charge in [0, 0.05) is 23.8 Å². The molecule has 1 aliphatic rings. The Morgan fingerprint density at radius 3 is 1.87 bits per heavy atom. The Hall–Kier alpha value is -2.60. The van der Waals surface area contributed by atoms with Crippen molar-refractivity contribution in [3.63, 3.8) is 0 Å². The zero-order valence-electron chi connectivity index (χ0n) is 16.4. The highest BCUT2D eigenvalue weighted by atomic mass is 32.3. The van der Waals surface area contributed by atoms with Gasteiger partial charge in [0.25, 0.3) is 20.8 Å². The SMILES string of the molecule is CC(C)(C)N1Cc2cc(OS(=O)(=O)[O-])ccc2/C=C\c2ccc(OS(=O)(=O)[O-])cc21. The van der Waals surface area contributed by atoms with E-state index in [-0.39, 0.29) is 18.0 Å². The maximum Gasteiger partial charge on any atom is 0.262 e. The molecule has 0 atom stereocenters. The van der Waals surface area contributed by atoms with Crippen LogP contribution in [0, 0.1) is 0 Å². The van der Waals surface area contributed by atoms with Crippen molar-refractivity contribution in [1.82, 2.24) is 0 Å². The lowest BCUT2D eigenvalue weighted by Gasteiger charge is -2.40. The first-order valence-electron chi connectivity index (χ1n) is 8.75. The molecule has 2 aromatic carbocycles. The van der Waals surface area contributed by atoms with Crippen molar-refractivity contribution >= 4 is 38.6 Å². The quantitative estimate of drug-likeness (QED) is 0.505. The van der Waals surface area contributed by atoms with Crippen molar-refractivity contribution in [1.29, 1.82) is 0 Å². The van der Waals surface area contributed by atoms with Crippen LogP contribution < -0.4 is 13.3 Å². The summed E-state index contributed by atoms with van der Waals surface area (Å²) in [5.41, 5.74) is 2.36. The number of hydrogen-bond donors (Lipinski definition) is 0. The smallest absolute Gasteiger partial charge is 0.262 e. The largest absolute Gasteiger partial charge is 0.716 e. The fourth-order valence-corrected chi connectivity index (χ4v) is 3.83. The molecule has 0 aliphatic carbocycles. The number of nitrogens with zero attached hydrogens (tertiary/aromatic N) is 1. The second kappa shape index (κ2) is 7.58. The summed E-state index contributed by atoms with van der Waals surface area (Å²) in [6, 6.07) is 8.96. The summed E-state index contributed by atoms with van der Waals surface area (Å²) >= 11 is 0. The summed E-state index contributed by atoms with van der Waals surface area (Å²) in [6.45, 7) is 6.08. The van der Waals surface area contributed by atoms with Gasteiger partial charge < -0.3 is 22.4 Å². The van der Waals surface area contributed by atoms with Gasteiger partial charge in [-0.15, -0.1) is 0 Å². The zero-order valence-corrected chi connectivity index (χ0v) is 18.0. The van der Waals surface area contributed by atoms with Gasteiger partial charge in [0.15, 0.2) is 0 Å². The maximum atomic E-state index is 11.0. The molecule has 0 fully saturated rings. The van der Waals surface area contributed by atoms with E-state index >= 15 is 0 Å². The van der Waals surface area contributed by atoms with Crippen LogP contribution in [0.5, 0.6) is 11.5 Å². The summed E-state index contributed by atoms with van der Waals surface area (Å²) in [4.78, 5) is 1.93. The molecule has 0 N–H and O–H groups in total. The number of fused-ring (bicyclic) bond motifs is 2. The third-order valence-electron chi connectivity index (χ3n) is 4.38. The lowest BCUT2D eigenvalue weighted by atomic mass is 9.96. The van der Waals surface area contributed by atoms with Crippen LogP contribution >= 0.6 is 0 Å². The molecule has 3 rings (SSSR count). The Kier molecular flexibility index (Phi) is 5.58. The van der Waals surface area contributed by atoms with Crippen molar-refractivity contribution in [2.45, 2.75) is 32.9 Å². The Morgan fingerprint density at radius 2 is 1.33 bits per heavy atom. The lowest BCUT2D eigenvalue weighted by molar-refractivity contribution is 0.369. The van der Waals surface area contributed by atoms with Crippen LogP contribution in [0.1, 0.15) is 37.5 Å². The first-order chi connectivity index (χ1) is 13.7. The summed E-state index contributed by atoms with van der Waals surface area (Å²) in [7, 11) is -9.85. The van der Waals surface area contributed by atoms with Gasteiger partial charge in [0.1, 0.15) is 11.5 Å². The van der Waals surface area contributed by atoms with Crippen molar-refractivity contribution in [2.24, 2.45) is 0 Å². The molecule has 162 valence electrons. The second-order valence-electron chi connectivity index (χ2n) is 7.65. The van der Waals surface area contributed by atoms with Crippen LogP contribution in [0.3, 0.4) is 0 Å². The highest BCUT2D eigenvalue weighted by Gasteiger charge is 2.26. The van der Waals surface area contributed by atoms with Crippen molar-refractivity contribution in [3.05, 3.63) is 53.1 Å². The van der Waals surface area contributed by atoms with Gasteiger partial charge in [-0.2, -0.15) is 0 Å². The van der Waals surface area contributed by atoms with Gasteiger partial charge in [0.05, 0.1) is 0 Å². The van der Waals surface area contributed by atoms with Crippen LogP contribution in [0.25, 0.3) is 12.2 Å². The highest BCUT2D eigenvalue weighted by molar-refractivity contribution is 7.81. The molecule has 9 nitrogen and oxygen atoms in total. The Balaban J connectivity index is 2.13. The monoisotopic (exact) mass is 453 g/mol. The van der Waals surface area contributed by atoms with Crippen molar-refractivity contribution < 1.29 is 34.3 Å². The Morgan fingerprint density at radius 1 is 0.833 bits per heavy atom. The molecule has 0 saturated carbocycles. The minimum absolute atomic E-state index is 0.110. The topological polar surface area (TPSA) is 136 Å². The van der Waals surface area contributed by atoms with Crippen LogP contribution in [-0.4, -0.2) is 31.5 Å². The van der Waals surface area contributed by atoms with E-state index in [2.05, 4.69) is 8.37 Å². The average molecular weight is 453 g/mol. The predicted molar refractivity (Wildman–Crippen MR) is 108 cm³/mol. The first kappa shape index (κ1) is 22.1. The highest BCUT2D eigenvalue weighted by Crippen LogP contribution is 2.37. The van der Waals surface area contributed by atoms with Crippen LogP contribution in [0.15, 0.2) is 36.4 Å². The Bertz CT molecular complexity index is 1210. The molecule has 0 saturated heterocycles. The molecular weight excluding hydrogens is 434 g/mol. The van der Waals surface area contributed by atoms with Gasteiger partial charge >= 0.3 is 0 Å². The molecule has 2 aromatic rings. The van der Waals surface area contributed by atoms with Crippen LogP contribution in [0.4, 0.5) is 5.69 Å². The molecule has 0 aromatic heterocycles. The number of anilines is 1. The van der Waals surface area contributed by atoms with E-state index in [0.717, 1.165) is 11.1 Å². The van der Waals surface area contributed by atoms with Gasteiger partial charge in [-0.05, 0) is 61.7 Å². The molecule has 0 unspecified atom stereocenters. The van der Waals surface area contributed by atoms with E-state index in [4.69, 9.17) is 0 Å². The van der Waals surface area contributed by atoms with Gasteiger partial charge in [0.2, 0.25) is 0 Å². The van der Waals surface area contributed by atoms with E-state index in [0.29, 0.717) is 11.3 Å². The molecule has 0 radical (unpaired) electrons. The van der Waals surface area contributed by atoms with Crippen LogP contribution in [0.2, 0.25) is 0 Å². The second-order valence-corrected chi connectivity index (χ2v) is 9.62. The minimum atomic E-state index is -4.93. The van der Waals surface area contributed by atoms with Crippen molar-refractivity contribution in [2.75, 3.05) is 4.90 Å². The molecule has 0 bridgehead atoms. The molecule has 30 heavy (non-hydrogen) atoms. The molecule has 1 aliphatic heterocycles. The summed E-state index contributed by atoms with van der Waals surface area (Å²) in [6.07, 6.45) is 3.60. The zero-order chi connectivity index (χ0) is 22.3. The number of benzene rings is 2. The lowest BCUT2D eigenvalue weighted by Crippen LogP contribution is -2.41. The predicted octanol–water partition coefficient (Wildman–Crippen LogP) is 2.65. The fourth-order valence-electron chi connectivity index (χ4n) is 3.15. The van der Waals surface area contributed by atoms with E-state index in [1.807, 2.05) is 25.7 Å². The van der Waals surface area contributed by atoms with Gasteiger partial charge in [-0.25, -0.2) is 16.8 Å². The number of hydrogen-bond acceptors (Lipinski definition) is 9. The minimum Gasteiger partial charge on any atom is -0.716 e. The summed E-state index contributed by atoms with van der Waals surface area (Å²) in [5.74, 6) is -0.233. The Labute approximate surface area is 175 Å². The van der Waals surface area contributed by atoms with Gasteiger partial charge in [-0.1, -0.05) is 18.2 Å². The molecule has 0 amide bonds. The maximum absolute atomic E-state index is 11.0.